The Labute approximate surface area is 354 Å². The SMILES string of the molecule is c1ccc(-c2cccc3cccc(-c4cccc(N(c5ccccc5)c5ccc(-c6ccc(S(c7ccccc7)(c7ccccc7)c7ccccc7)cc6)cc5)c4)c23)cc1. The Balaban J connectivity index is 1.03. The summed E-state index contributed by atoms with van der Waals surface area (Å²) in [6.07, 6.45) is 0. The fraction of sp³-hybridized carbons (Fsp3) is 0. The van der Waals surface area contributed by atoms with Gasteiger partial charge in [-0.1, -0.05) is 176 Å². The largest absolute Gasteiger partial charge is 0.310 e. The Morgan fingerprint density at radius 2 is 0.633 bits per heavy atom. The van der Waals surface area contributed by atoms with Crippen molar-refractivity contribution in [2.75, 3.05) is 4.90 Å². The Bertz CT molecular complexity index is 2880. The summed E-state index contributed by atoms with van der Waals surface area (Å²) in [6.45, 7) is 0. The molecule has 10 aromatic carbocycles. The van der Waals surface area contributed by atoms with Gasteiger partial charge in [0.05, 0.1) is 0 Å². The summed E-state index contributed by atoms with van der Waals surface area (Å²) < 4.78 is 0. The fourth-order valence-electron chi connectivity index (χ4n) is 8.62. The minimum Gasteiger partial charge on any atom is -0.310 e. The molecule has 0 fully saturated rings. The number of nitrogens with zero attached hydrogens (tertiary/aromatic N) is 1. The summed E-state index contributed by atoms with van der Waals surface area (Å²) in [5.41, 5.74) is 10.5. The van der Waals surface area contributed by atoms with Crippen LogP contribution >= 0.6 is 10.0 Å². The number of hydrogen-bond acceptors (Lipinski definition) is 1. The van der Waals surface area contributed by atoms with Crippen molar-refractivity contribution in [2.24, 2.45) is 0 Å². The first-order valence-electron chi connectivity index (χ1n) is 20.5. The van der Waals surface area contributed by atoms with Crippen molar-refractivity contribution in [3.05, 3.63) is 261 Å². The first-order chi connectivity index (χ1) is 29.8. The first-order valence-corrected chi connectivity index (χ1v) is 22.1. The van der Waals surface area contributed by atoms with Crippen LogP contribution in [0.4, 0.5) is 17.1 Å². The molecule has 0 bridgehead atoms. The van der Waals surface area contributed by atoms with Crippen LogP contribution in [-0.2, 0) is 0 Å². The van der Waals surface area contributed by atoms with E-state index < -0.39 is 10.0 Å². The lowest BCUT2D eigenvalue weighted by atomic mass is 9.91. The van der Waals surface area contributed by atoms with Crippen LogP contribution in [0.2, 0.25) is 0 Å². The van der Waals surface area contributed by atoms with Gasteiger partial charge in [0.1, 0.15) is 0 Å². The van der Waals surface area contributed by atoms with Gasteiger partial charge in [0.15, 0.2) is 0 Å². The predicted molar refractivity (Wildman–Crippen MR) is 255 cm³/mol. The van der Waals surface area contributed by atoms with Crippen molar-refractivity contribution in [3.8, 4) is 33.4 Å². The van der Waals surface area contributed by atoms with Gasteiger partial charge in [-0.05, 0) is 129 Å². The third kappa shape index (κ3) is 6.87. The molecule has 10 rings (SSSR count). The summed E-state index contributed by atoms with van der Waals surface area (Å²) in [4.78, 5) is 7.63. The van der Waals surface area contributed by atoms with Crippen molar-refractivity contribution in [1.29, 1.82) is 0 Å². The van der Waals surface area contributed by atoms with E-state index >= 15 is 0 Å². The summed E-state index contributed by atoms with van der Waals surface area (Å²) in [7, 11) is -1.75. The maximum Gasteiger partial charge on any atom is 0.0467 e. The first kappa shape index (κ1) is 36.9. The monoisotopic (exact) mass is 785 g/mol. The van der Waals surface area contributed by atoms with E-state index in [1.54, 1.807) is 0 Å². The normalized spacial score (nSPS) is 11.6. The van der Waals surface area contributed by atoms with Crippen molar-refractivity contribution in [3.63, 3.8) is 0 Å². The van der Waals surface area contributed by atoms with Crippen LogP contribution in [0.5, 0.6) is 0 Å². The number of fused-ring (bicyclic) bond motifs is 1. The molecule has 0 aliphatic carbocycles. The van der Waals surface area contributed by atoms with Crippen LogP contribution in [0, 0.1) is 0 Å². The zero-order valence-electron chi connectivity index (χ0n) is 33.2. The van der Waals surface area contributed by atoms with Gasteiger partial charge in [-0.2, -0.15) is 0 Å². The van der Waals surface area contributed by atoms with Gasteiger partial charge in [0, 0.05) is 36.6 Å². The average molecular weight is 786 g/mol. The summed E-state index contributed by atoms with van der Waals surface area (Å²) >= 11 is 0. The predicted octanol–water partition coefficient (Wildman–Crippen LogP) is 16.7. The van der Waals surface area contributed by atoms with E-state index in [0.717, 1.165) is 17.1 Å². The molecule has 0 aliphatic heterocycles. The highest BCUT2D eigenvalue weighted by Crippen LogP contribution is 2.73. The minimum absolute atomic E-state index is 1.10. The lowest BCUT2D eigenvalue weighted by Crippen LogP contribution is -2.09. The topological polar surface area (TPSA) is 3.24 Å². The lowest BCUT2D eigenvalue weighted by Gasteiger charge is -2.42. The van der Waals surface area contributed by atoms with Crippen LogP contribution in [0.1, 0.15) is 0 Å². The molecule has 0 aromatic heterocycles. The molecule has 0 heterocycles. The van der Waals surface area contributed by atoms with Crippen LogP contribution in [0.15, 0.2) is 280 Å². The number of para-hydroxylation sites is 1. The molecule has 10 aromatic rings. The van der Waals surface area contributed by atoms with Gasteiger partial charge >= 0.3 is 0 Å². The number of anilines is 3. The smallest absolute Gasteiger partial charge is 0.0467 e. The van der Waals surface area contributed by atoms with E-state index in [-0.39, 0.29) is 0 Å². The molecule has 0 spiro atoms. The second-order valence-corrected chi connectivity index (χ2v) is 18.0. The Morgan fingerprint density at radius 3 is 1.17 bits per heavy atom. The molecule has 0 saturated carbocycles. The molecule has 0 atom stereocenters. The average Bonchev–Trinajstić information content (AvgIpc) is 3.34. The van der Waals surface area contributed by atoms with Crippen molar-refractivity contribution >= 4 is 37.9 Å². The highest BCUT2D eigenvalue weighted by molar-refractivity contribution is 8.34. The van der Waals surface area contributed by atoms with Crippen molar-refractivity contribution in [1.82, 2.24) is 0 Å². The molecular weight excluding hydrogens is 743 g/mol. The summed E-state index contributed by atoms with van der Waals surface area (Å²) in [5.74, 6) is 0. The van der Waals surface area contributed by atoms with Crippen LogP contribution < -0.4 is 4.90 Å². The maximum absolute atomic E-state index is 2.36. The van der Waals surface area contributed by atoms with Gasteiger partial charge in [0.25, 0.3) is 0 Å². The Hall–Kier alpha value is -7.39. The zero-order valence-corrected chi connectivity index (χ0v) is 34.0. The minimum atomic E-state index is -1.75. The van der Waals surface area contributed by atoms with E-state index in [4.69, 9.17) is 0 Å². The van der Waals surface area contributed by atoms with Gasteiger partial charge in [-0.15, -0.1) is 10.0 Å². The molecule has 0 unspecified atom stereocenters. The number of benzene rings is 10. The van der Waals surface area contributed by atoms with Crippen molar-refractivity contribution < 1.29 is 0 Å². The van der Waals surface area contributed by atoms with Crippen LogP contribution in [0.25, 0.3) is 44.2 Å². The van der Waals surface area contributed by atoms with Crippen molar-refractivity contribution in [2.45, 2.75) is 19.6 Å². The van der Waals surface area contributed by atoms with Gasteiger partial charge < -0.3 is 4.90 Å². The van der Waals surface area contributed by atoms with E-state index in [1.165, 1.54) is 63.7 Å². The zero-order chi connectivity index (χ0) is 40.1. The third-order valence-corrected chi connectivity index (χ3v) is 15.3. The number of hydrogen-bond donors (Lipinski definition) is 0. The van der Waals surface area contributed by atoms with E-state index in [0.29, 0.717) is 0 Å². The summed E-state index contributed by atoms with van der Waals surface area (Å²) in [6, 6.07) is 95.0. The lowest BCUT2D eigenvalue weighted by molar-refractivity contribution is 1.24. The van der Waals surface area contributed by atoms with Crippen LogP contribution in [-0.4, -0.2) is 0 Å². The molecule has 0 aliphatic rings. The molecule has 0 saturated heterocycles. The van der Waals surface area contributed by atoms with Gasteiger partial charge in [-0.25, -0.2) is 0 Å². The molecule has 0 radical (unpaired) electrons. The Kier molecular flexibility index (Phi) is 10.1. The van der Waals surface area contributed by atoms with Gasteiger partial charge in [-0.3, -0.25) is 0 Å². The second-order valence-electron chi connectivity index (χ2n) is 14.9. The molecule has 60 heavy (non-hydrogen) atoms. The highest BCUT2D eigenvalue weighted by atomic mass is 32.3. The quantitative estimate of drug-likeness (QED) is 0.133. The van der Waals surface area contributed by atoms with Crippen LogP contribution in [0.3, 0.4) is 0 Å². The molecule has 0 amide bonds. The standard InChI is InChI=1S/C58H43NS/c1-6-19-46(20-7-1)56-33-17-21-47-22-18-34-57(58(47)56)48-23-16-26-51(43-48)59(49-24-8-2-9-25-49)50-39-35-44(36-40-50)45-37-41-55(42-38-45)60(52-27-10-3-11-28-52,53-29-12-4-13-30-53)54-31-14-5-15-32-54/h1-43H. The number of rotatable bonds is 10. The summed E-state index contributed by atoms with van der Waals surface area (Å²) in [5, 5.41) is 2.50. The molecule has 1 nitrogen and oxygen atoms in total. The maximum atomic E-state index is 2.36. The molecule has 0 N–H and O–H groups in total. The fourth-order valence-corrected chi connectivity index (χ4v) is 12.5. The molecular formula is C58H43NS. The van der Waals surface area contributed by atoms with E-state index in [9.17, 15) is 0 Å². The Morgan fingerprint density at radius 1 is 0.250 bits per heavy atom. The van der Waals surface area contributed by atoms with Gasteiger partial charge in [0.2, 0.25) is 0 Å². The van der Waals surface area contributed by atoms with E-state index in [2.05, 4.69) is 266 Å². The molecule has 286 valence electrons. The highest BCUT2D eigenvalue weighted by Gasteiger charge is 2.33. The van der Waals surface area contributed by atoms with E-state index in [1.807, 2.05) is 0 Å². The third-order valence-electron chi connectivity index (χ3n) is 11.4. The second kappa shape index (κ2) is 16.5. The molecule has 2 heteroatoms.